The van der Waals surface area contributed by atoms with E-state index in [2.05, 4.69) is 15.9 Å². The molecule has 14 heavy (non-hydrogen) atoms. The summed E-state index contributed by atoms with van der Waals surface area (Å²) in [7, 11) is 3.26. The molecule has 3 nitrogen and oxygen atoms in total. The van der Waals surface area contributed by atoms with Crippen LogP contribution >= 0.6 is 15.9 Å². The Kier molecular flexibility index (Phi) is 4.38. The summed E-state index contributed by atoms with van der Waals surface area (Å²) < 4.78 is 11.2. The van der Waals surface area contributed by atoms with Gasteiger partial charge in [0.05, 0.1) is 19.8 Å². The van der Waals surface area contributed by atoms with E-state index in [0.29, 0.717) is 6.61 Å². The van der Waals surface area contributed by atoms with Gasteiger partial charge in [0.25, 0.3) is 0 Å². The Morgan fingerprint density at radius 1 is 1.43 bits per heavy atom. The Labute approximate surface area is 92.3 Å². The van der Waals surface area contributed by atoms with Crippen molar-refractivity contribution in [2.45, 2.75) is 6.04 Å². The molecule has 0 heterocycles. The normalized spacial score (nSPS) is 12.6. The van der Waals surface area contributed by atoms with Gasteiger partial charge in [-0.05, 0) is 18.2 Å². The maximum absolute atomic E-state index is 5.92. The van der Waals surface area contributed by atoms with Gasteiger partial charge in [-0.15, -0.1) is 0 Å². The first-order valence-electron chi connectivity index (χ1n) is 4.27. The van der Waals surface area contributed by atoms with Gasteiger partial charge < -0.3 is 15.2 Å². The molecule has 0 saturated heterocycles. The highest BCUT2D eigenvalue weighted by atomic mass is 79.9. The number of methoxy groups -OCH3 is 2. The van der Waals surface area contributed by atoms with Crippen molar-refractivity contribution in [3.05, 3.63) is 28.2 Å². The Bertz CT molecular complexity index is 304. The molecule has 0 spiro atoms. The van der Waals surface area contributed by atoms with E-state index >= 15 is 0 Å². The van der Waals surface area contributed by atoms with Gasteiger partial charge in [0.2, 0.25) is 0 Å². The van der Waals surface area contributed by atoms with Gasteiger partial charge in [-0.1, -0.05) is 15.9 Å². The lowest BCUT2D eigenvalue weighted by atomic mass is 10.1. The summed E-state index contributed by atoms with van der Waals surface area (Å²) in [6.07, 6.45) is 0. The van der Waals surface area contributed by atoms with E-state index in [-0.39, 0.29) is 6.04 Å². The van der Waals surface area contributed by atoms with E-state index in [0.717, 1.165) is 15.8 Å². The molecule has 1 aromatic rings. The first-order valence-corrected chi connectivity index (χ1v) is 5.06. The highest BCUT2D eigenvalue weighted by Crippen LogP contribution is 2.27. The summed E-state index contributed by atoms with van der Waals surface area (Å²) in [5.41, 5.74) is 6.87. The maximum Gasteiger partial charge on any atom is 0.123 e. The molecule has 2 N–H and O–H groups in total. The predicted octanol–water partition coefficient (Wildman–Crippen LogP) is 2.10. The Balaban J connectivity index is 2.97. The number of hydrogen-bond acceptors (Lipinski definition) is 3. The summed E-state index contributed by atoms with van der Waals surface area (Å²) in [6, 6.07) is 5.59. The van der Waals surface area contributed by atoms with E-state index < -0.39 is 0 Å². The number of rotatable bonds is 4. The second-order valence-corrected chi connectivity index (χ2v) is 3.86. The zero-order valence-electron chi connectivity index (χ0n) is 8.29. The van der Waals surface area contributed by atoms with Crippen LogP contribution in [-0.2, 0) is 4.74 Å². The lowest BCUT2D eigenvalue weighted by molar-refractivity contribution is 0.179. The minimum atomic E-state index is -0.160. The van der Waals surface area contributed by atoms with Crippen LogP contribution in [0.25, 0.3) is 0 Å². The lowest BCUT2D eigenvalue weighted by Crippen LogP contribution is -2.17. The van der Waals surface area contributed by atoms with Crippen LogP contribution in [0.4, 0.5) is 0 Å². The molecular weight excluding hydrogens is 246 g/mol. The molecule has 4 heteroatoms. The fourth-order valence-electron chi connectivity index (χ4n) is 1.26. The average Bonchev–Trinajstić information content (AvgIpc) is 2.18. The van der Waals surface area contributed by atoms with Crippen molar-refractivity contribution in [1.82, 2.24) is 0 Å². The number of ether oxygens (including phenoxy) is 2. The molecule has 0 saturated carbocycles. The molecule has 78 valence electrons. The Morgan fingerprint density at radius 2 is 2.14 bits per heavy atom. The minimum absolute atomic E-state index is 0.160. The minimum Gasteiger partial charge on any atom is -0.496 e. The van der Waals surface area contributed by atoms with Crippen molar-refractivity contribution >= 4 is 15.9 Å². The molecular formula is C10H14BrNO2. The molecule has 0 amide bonds. The summed E-state index contributed by atoms with van der Waals surface area (Å²) in [4.78, 5) is 0. The van der Waals surface area contributed by atoms with Crippen LogP contribution in [0.15, 0.2) is 22.7 Å². The van der Waals surface area contributed by atoms with E-state index in [9.17, 15) is 0 Å². The van der Waals surface area contributed by atoms with Crippen molar-refractivity contribution < 1.29 is 9.47 Å². The van der Waals surface area contributed by atoms with Gasteiger partial charge in [0, 0.05) is 17.1 Å². The van der Waals surface area contributed by atoms with Crippen LogP contribution in [-0.4, -0.2) is 20.8 Å². The first-order chi connectivity index (χ1) is 6.69. The van der Waals surface area contributed by atoms with Crippen LogP contribution < -0.4 is 10.5 Å². The van der Waals surface area contributed by atoms with Crippen molar-refractivity contribution in [3.63, 3.8) is 0 Å². The lowest BCUT2D eigenvalue weighted by Gasteiger charge is -2.15. The second-order valence-electron chi connectivity index (χ2n) is 2.95. The van der Waals surface area contributed by atoms with Crippen LogP contribution in [0.2, 0.25) is 0 Å². The average molecular weight is 260 g/mol. The number of hydrogen-bond donors (Lipinski definition) is 1. The zero-order valence-corrected chi connectivity index (χ0v) is 9.87. The Hall–Kier alpha value is -0.580. The molecule has 0 unspecified atom stereocenters. The van der Waals surface area contributed by atoms with Crippen LogP contribution in [0.5, 0.6) is 5.75 Å². The fourth-order valence-corrected chi connectivity index (χ4v) is 1.64. The molecule has 0 aliphatic rings. The fraction of sp³-hybridized carbons (Fsp3) is 0.400. The maximum atomic E-state index is 5.92. The molecule has 0 fully saturated rings. The molecule has 0 bridgehead atoms. The van der Waals surface area contributed by atoms with Gasteiger partial charge in [-0.3, -0.25) is 0 Å². The first kappa shape index (κ1) is 11.5. The molecule has 1 aromatic carbocycles. The van der Waals surface area contributed by atoms with Crippen LogP contribution in [0, 0.1) is 0 Å². The third-order valence-electron chi connectivity index (χ3n) is 1.94. The predicted molar refractivity (Wildman–Crippen MR) is 59.5 cm³/mol. The van der Waals surface area contributed by atoms with Crippen molar-refractivity contribution in [2.75, 3.05) is 20.8 Å². The molecule has 0 aliphatic heterocycles. The van der Waals surface area contributed by atoms with Gasteiger partial charge >= 0.3 is 0 Å². The zero-order chi connectivity index (χ0) is 10.6. The van der Waals surface area contributed by atoms with Crippen molar-refractivity contribution in [1.29, 1.82) is 0 Å². The van der Waals surface area contributed by atoms with Gasteiger partial charge in [0.1, 0.15) is 5.75 Å². The second kappa shape index (κ2) is 5.34. The van der Waals surface area contributed by atoms with E-state index in [1.807, 2.05) is 18.2 Å². The molecule has 0 aliphatic carbocycles. The Morgan fingerprint density at radius 3 is 2.71 bits per heavy atom. The smallest absolute Gasteiger partial charge is 0.123 e. The number of benzene rings is 1. The van der Waals surface area contributed by atoms with E-state index in [1.165, 1.54) is 0 Å². The summed E-state index contributed by atoms with van der Waals surface area (Å²) in [5, 5.41) is 0. The standard InChI is InChI=1S/C10H14BrNO2/c1-13-6-9(12)8-5-7(11)3-4-10(8)14-2/h3-5,9H,6,12H2,1-2H3/t9-/m1/s1. The largest absolute Gasteiger partial charge is 0.496 e. The van der Waals surface area contributed by atoms with Crippen molar-refractivity contribution in [2.24, 2.45) is 5.73 Å². The van der Waals surface area contributed by atoms with E-state index in [4.69, 9.17) is 15.2 Å². The number of halogens is 1. The summed E-state index contributed by atoms with van der Waals surface area (Å²) >= 11 is 3.39. The van der Waals surface area contributed by atoms with E-state index in [1.54, 1.807) is 14.2 Å². The highest BCUT2D eigenvalue weighted by Gasteiger charge is 2.11. The topological polar surface area (TPSA) is 44.5 Å². The van der Waals surface area contributed by atoms with Gasteiger partial charge in [-0.25, -0.2) is 0 Å². The SMILES string of the molecule is COC[C@@H](N)c1cc(Br)ccc1OC. The molecule has 0 radical (unpaired) electrons. The third kappa shape index (κ3) is 2.70. The summed E-state index contributed by atoms with van der Waals surface area (Å²) in [5.74, 6) is 0.790. The number of nitrogens with two attached hydrogens (primary N) is 1. The molecule has 0 aromatic heterocycles. The van der Waals surface area contributed by atoms with Gasteiger partial charge in [0.15, 0.2) is 0 Å². The summed E-state index contributed by atoms with van der Waals surface area (Å²) in [6.45, 7) is 0.479. The van der Waals surface area contributed by atoms with Crippen molar-refractivity contribution in [3.8, 4) is 5.75 Å². The monoisotopic (exact) mass is 259 g/mol. The van der Waals surface area contributed by atoms with Gasteiger partial charge in [-0.2, -0.15) is 0 Å². The van der Waals surface area contributed by atoms with Crippen LogP contribution in [0.3, 0.4) is 0 Å². The van der Waals surface area contributed by atoms with Crippen LogP contribution in [0.1, 0.15) is 11.6 Å². The third-order valence-corrected chi connectivity index (χ3v) is 2.43. The highest BCUT2D eigenvalue weighted by molar-refractivity contribution is 9.10. The molecule has 1 atom stereocenters. The molecule has 1 rings (SSSR count). The quantitative estimate of drug-likeness (QED) is 0.901.